The van der Waals surface area contributed by atoms with Gasteiger partial charge in [-0.1, -0.05) is 11.6 Å². The van der Waals surface area contributed by atoms with Crippen LogP contribution in [0.25, 0.3) is 16.3 Å². The number of hydrogen-bond acceptors (Lipinski definition) is 5. The molecule has 0 fully saturated rings. The van der Waals surface area contributed by atoms with Crippen molar-refractivity contribution in [3.8, 4) is 10.7 Å². The van der Waals surface area contributed by atoms with Crippen LogP contribution in [0, 0.1) is 13.8 Å². The van der Waals surface area contributed by atoms with Gasteiger partial charge in [-0.2, -0.15) is 0 Å². The van der Waals surface area contributed by atoms with Gasteiger partial charge in [-0.05, 0) is 13.8 Å². The zero-order valence-electron chi connectivity index (χ0n) is 9.18. The third-order valence-corrected chi connectivity index (χ3v) is 3.65. The predicted octanol–water partition coefficient (Wildman–Crippen LogP) is 2.52. The summed E-state index contributed by atoms with van der Waals surface area (Å²) >= 11 is 7.40. The molecule has 7 heteroatoms. The highest BCUT2D eigenvalue weighted by atomic mass is 35.5. The molecular weight excluding hydrogens is 258 g/mol. The van der Waals surface area contributed by atoms with Gasteiger partial charge in [0.2, 0.25) is 0 Å². The molecule has 5 nitrogen and oxygen atoms in total. The SMILES string of the molecule is Cc1nc(C)c(-c2nnc3cc(Cl)ncn23)s1. The number of aromatic nitrogens is 5. The van der Waals surface area contributed by atoms with Crippen molar-refractivity contribution in [2.45, 2.75) is 13.8 Å². The van der Waals surface area contributed by atoms with Gasteiger partial charge in [0.25, 0.3) is 0 Å². The summed E-state index contributed by atoms with van der Waals surface area (Å²) in [5, 5.41) is 9.66. The first-order chi connectivity index (χ1) is 8.15. The summed E-state index contributed by atoms with van der Waals surface area (Å²) in [6, 6.07) is 1.68. The van der Waals surface area contributed by atoms with Crippen LogP contribution in [0.3, 0.4) is 0 Å². The zero-order valence-corrected chi connectivity index (χ0v) is 10.7. The molecular formula is C10H8ClN5S. The quantitative estimate of drug-likeness (QED) is 0.635. The number of hydrogen-bond donors (Lipinski definition) is 0. The second-order valence-corrected chi connectivity index (χ2v) is 5.20. The van der Waals surface area contributed by atoms with Gasteiger partial charge in [0.05, 0.1) is 15.6 Å². The summed E-state index contributed by atoms with van der Waals surface area (Å²) in [5.41, 5.74) is 1.64. The smallest absolute Gasteiger partial charge is 0.181 e. The minimum absolute atomic E-state index is 0.411. The van der Waals surface area contributed by atoms with Gasteiger partial charge in [-0.3, -0.25) is 4.40 Å². The fourth-order valence-electron chi connectivity index (χ4n) is 1.67. The Morgan fingerprint density at radius 3 is 2.82 bits per heavy atom. The molecule has 17 heavy (non-hydrogen) atoms. The lowest BCUT2D eigenvalue weighted by Crippen LogP contribution is -1.90. The summed E-state index contributed by atoms with van der Waals surface area (Å²) < 4.78 is 1.81. The Morgan fingerprint density at radius 1 is 1.29 bits per heavy atom. The van der Waals surface area contributed by atoms with Crippen molar-refractivity contribution in [3.05, 3.63) is 28.2 Å². The third kappa shape index (κ3) is 1.69. The Bertz CT molecular complexity index is 702. The van der Waals surface area contributed by atoms with E-state index in [0.717, 1.165) is 21.4 Å². The Balaban J connectivity index is 2.28. The minimum Gasteiger partial charge on any atom is -0.264 e. The van der Waals surface area contributed by atoms with Crippen LogP contribution in [0.15, 0.2) is 12.4 Å². The Labute approximate surface area is 106 Å². The zero-order chi connectivity index (χ0) is 12.0. The normalized spacial score (nSPS) is 11.2. The first-order valence-corrected chi connectivity index (χ1v) is 6.15. The van der Waals surface area contributed by atoms with Crippen molar-refractivity contribution in [1.82, 2.24) is 24.6 Å². The van der Waals surface area contributed by atoms with Gasteiger partial charge in [0, 0.05) is 6.07 Å². The molecule has 3 rings (SSSR count). The first-order valence-electron chi connectivity index (χ1n) is 4.96. The molecule has 0 amide bonds. The van der Waals surface area contributed by atoms with E-state index in [0.29, 0.717) is 10.8 Å². The van der Waals surface area contributed by atoms with Crippen LogP contribution in [0.1, 0.15) is 10.7 Å². The fraction of sp³-hybridized carbons (Fsp3) is 0.200. The van der Waals surface area contributed by atoms with Crippen molar-refractivity contribution < 1.29 is 0 Å². The lowest BCUT2D eigenvalue weighted by Gasteiger charge is -1.96. The van der Waals surface area contributed by atoms with Crippen molar-refractivity contribution in [2.24, 2.45) is 0 Å². The van der Waals surface area contributed by atoms with Crippen molar-refractivity contribution in [3.63, 3.8) is 0 Å². The molecule has 0 atom stereocenters. The molecule has 0 spiro atoms. The number of halogens is 1. The van der Waals surface area contributed by atoms with E-state index >= 15 is 0 Å². The number of fused-ring (bicyclic) bond motifs is 1. The van der Waals surface area contributed by atoms with E-state index in [4.69, 9.17) is 11.6 Å². The molecule has 0 aliphatic rings. The highest BCUT2D eigenvalue weighted by molar-refractivity contribution is 7.15. The molecule has 0 unspecified atom stereocenters. The number of thiazole rings is 1. The highest BCUT2D eigenvalue weighted by Crippen LogP contribution is 2.28. The van der Waals surface area contributed by atoms with Crippen LogP contribution >= 0.6 is 22.9 Å². The second-order valence-electron chi connectivity index (χ2n) is 3.61. The minimum atomic E-state index is 0.411. The Hall–Kier alpha value is -1.53. The molecule has 0 radical (unpaired) electrons. The molecule has 3 aromatic rings. The molecule has 86 valence electrons. The Morgan fingerprint density at radius 2 is 2.12 bits per heavy atom. The van der Waals surface area contributed by atoms with E-state index in [-0.39, 0.29) is 0 Å². The van der Waals surface area contributed by atoms with Gasteiger partial charge >= 0.3 is 0 Å². The van der Waals surface area contributed by atoms with Gasteiger partial charge in [0.1, 0.15) is 11.5 Å². The topological polar surface area (TPSA) is 56.0 Å². The predicted molar refractivity (Wildman–Crippen MR) is 66.4 cm³/mol. The molecule has 0 bridgehead atoms. The van der Waals surface area contributed by atoms with Crippen molar-refractivity contribution in [1.29, 1.82) is 0 Å². The first kappa shape index (κ1) is 10.6. The standard InChI is InChI=1S/C10H8ClN5S/c1-5-9(17-6(2)13-5)10-15-14-8-3-7(11)12-4-16(8)10/h3-4H,1-2H3. The molecule has 0 saturated carbocycles. The van der Waals surface area contributed by atoms with Crippen LogP contribution < -0.4 is 0 Å². The van der Waals surface area contributed by atoms with Gasteiger partial charge in [-0.25, -0.2) is 9.97 Å². The third-order valence-electron chi connectivity index (χ3n) is 2.37. The second kappa shape index (κ2) is 3.75. The van der Waals surface area contributed by atoms with Crippen LogP contribution in [0.2, 0.25) is 5.15 Å². The average Bonchev–Trinajstić information content (AvgIpc) is 2.81. The summed E-state index contributed by atoms with van der Waals surface area (Å²) in [6.07, 6.45) is 1.63. The lowest BCUT2D eigenvalue weighted by molar-refractivity contribution is 1.08. The average molecular weight is 266 g/mol. The van der Waals surface area contributed by atoms with Crippen LogP contribution in [-0.4, -0.2) is 24.6 Å². The summed E-state index contributed by atoms with van der Waals surface area (Å²) in [7, 11) is 0. The van der Waals surface area contributed by atoms with Crippen LogP contribution in [0.4, 0.5) is 0 Å². The molecule has 0 saturated heterocycles. The van der Waals surface area contributed by atoms with E-state index in [1.807, 2.05) is 18.2 Å². The van der Waals surface area contributed by atoms with Crippen LogP contribution in [0.5, 0.6) is 0 Å². The van der Waals surface area contributed by atoms with Gasteiger partial charge in [0.15, 0.2) is 11.5 Å². The van der Waals surface area contributed by atoms with E-state index in [9.17, 15) is 0 Å². The molecule has 3 heterocycles. The number of rotatable bonds is 1. The lowest BCUT2D eigenvalue weighted by atomic mass is 10.4. The van der Waals surface area contributed by atoms with Gasteiger partial charge < -0.3 is 0 Å². The maximum absolute atomic E-state index is 5.81. The number of aryl methyl sites for hydroxylation is 2. The molecule has 0 aliphatic carbocycles. The summed E-state index contributed by atoms with van der Waals surface area (Å²) in [5.74, 6) is 0.757. The maximum atomic E-state index is 5.81. The van der Waals surface area contributed by atoms with E-state index in [1.54, 1.807) is 23.7 Å². The molecule has 0 aliphatic heterocycles. The largest absolute Gasteiger partial charge is 0.264 e. The molecule has 0 N–H and O–H groups in total. The summed E-state index contributed by atoms with van der Waals surface area (Å²) in [6.45, 7) is 3.93. The maximum Gasteiger partial charge on any atom is 0.181 e. The number of nitrogens with zero attached hydrogens (tertiary/aromatic N) is 5. The fourth-order valence-corrected chi connectivity index (χ4v) is 2.71. The molecule has 3 aromatic heterocycles. The van der Waals surface area contributed by atoms with E-state index in [2.05, 4.69) is 20.2 Å². The molecule has 0 aromatic carbocycles. The Kier molecular flexibility index (Phi) is 2.34. The van der Waals surface area contributed by atoms with Crippen LogP contribution in [-0.2, 0) is 0 Å². The highest BCUT2D eigenvalue weighted by Gasteiger charge is 2.14. The van der Waals surface area contributed by atoms with E-state index < -0.39 is 0 Å². The monoisotopic (exact) mass is 265 g/mol. The summed E-state index contributed by atoms with van der Waals surface area (Å²) in [4.78, 5) is 9.43. The van der Waals surface area contributed by atoms with E-state index in [1.165, 1.54) is 0 Å². The van der Waals surface area contributed by atoms with Crippen molar-refractivity contribution in [2.75, 3.05) is 0 Å². The van der Waals surface area contributed by atoms with Gasteiger partial charge in [-0.15, -0.1) is 21.5 Å². The van der Waals surface area contributed by atoms with Crippen molar-refractivity contribution >= 4 is 28.6 Å².